The average molecular weight is 421 g/mol. The van der Waals surface area contributed by atoms with Crippen LogP contribution in [0.25, 0.3) is 6.08 Å². The smallest absolute Gasteiger partial charge is 0.294 e. The van der Waals surface area contributed by atoms with E-state index in [1.165, 1.54) is 0 Å². The number of anilines is 1. The van der Waals surface area contributed by atoms with Crippen LogP contribution in [0.15, 0.2) is 47.4 Å². The Labute approximate surface area is 170 Å². The molecule has 138 valence electrons. The van der Waals surface area contributed by atoms with Crippen LogP contribution in [-0.4, -0.2) is 28.5 Å². The number of nitrogens with zero attached hydrogens (tertiary/aromatic N) is 1. The summed E-state index contributed by atoms with van der Waals surface area (Å²) in [5, 5.41) is 3.18. The van der Waals surface area contributed by atoms with Gasteiger partial charge in [0, 0.05) is 15.7 Å². The van der Waals surface area contributed by atoms with Crippen molar-refractivity contribution in [1.82, 2.24) is 4.90 Å². The van der Waals surface area contributed by atoms with Gasteiger partial charge in [0.1, 0.15) is 6.54 Å². The number of aryl methyl sites for hydroxylation is 1. The van der Waals surface area contributed by atoms with E-state index in [4.69, 9.17) is 23.2 Å². The van der Waals surface area contributed by atoms with Gasteiger partial charge in [0.15, 0.2) is 0 Å². The molecule has 2 aromatic carbocycles. The Morgan fingerprint density at radius 2 is 1.96 bits per heavy atom. The van der Waals surface area contributed by atoms with Crippen LogP contribution >= 0.6 is 35.0 Å². The number of imide groups is 1. The van der Waals surface area contributed by atoms with Crippen LogP contribution in [0.2, 0.25) is 10.0 Å². The highest BCUT2D eigenvalue weighted by atomic mass is 35.5. The van der Waals surface area contributed by atoms with E-state index in [0.717, 1.165) is 22.2 Å². The third-order valence-corrected chi connectivity index (χ3v) is 5.33. The maximum absolute atomic E-state index is 12.5. The number of hydrogen-bond donors (Lipinski definition) is 1. The molecular weight excluding hydrogens is 407 g/mol. The first-order valence-electron chi connectivity index (χ1n) is 7.90. The summed E-state index contributed by atoms with van der Waals surface area (Å²) < 4.78 is 0. The second kappa shape index (κ2) is 8.17. The quantitative estimate of drug-likeness (QED) is 0.708. The predicted molar refractivity (Wildman–Crippen MR) is 109 cm³/mol. The van der Waals surface area contributed by atoms with Gasteiger partial charge in [-0.1, -0.05) is 41.4 Å². The fourth-order valence-electron chi connectivity index (χ4n) is 2.40. The Morgan fingerprint density at radius 1 is 1.19 bits per heavy atom. The zero-order chi connectivity index (χ0) is 19.6. The monoisotopic (exact) mass is 420 g/mol. The molecule has 1 aliphatic rings. The third-order valence-electron chi connectivity index (χ3n) is 3.78. The molecule has 27 heavy (non-hydrogen) atoms. The van der Waals surface area contributed by atoms with Crippen LogP contribution in [-0.2, 0) is 9.59 Å². The van der Waals surface area contributed by atoms with Gasteiger partial charge >= 0.3 is 0 Å². The molecule has 0 unspecified atom stereocenters. The Kier molecular flexibility index (Phi) is 5.89. The minimum Gasteiger partial charge on any atom is -0.324 e. The van der Waals surface area contributed by atoms with E-state index in [2.05, 4.69) is 5.32 Å². The maximum Gasteiger partial charge on any atom is 0.294 e. The Balaban J connectivity index is 1.69. The lowest BCUT2D eigenvalue weighted by atomic mass is 10.2. The van der Waals surface area contributed by atoms with Gasteiger partial charge in [0.25, 0.3) is 11.1 Å². The van der Waals surface area contributed by atoms with E-state index in [-0.39, 0.29) is 11.4 Å². The van der Waals surface area contributed by atoms with Crippen molar-refractivity contribution in [3.05, 3.63) is 68.5 Å². The van der Waals surface area contributed by atoms with Crippen LogP contribution in [0.3, 0.4) is 0 Å². The van der Waals surface area contributed by atoms with E-state index in [1.54, 1.807) is 48.5 Å². The molecule has 0 aromatic heterocycles. The molecule has 0 spiro atoms. The summed E-state index contributed by atoms with van der Waals surface area (Å²) in [5.74, 6) is -0.997. The van der Waals surface area contributed by atoms with Gasteiger partial charge in [0.2, 0.25) is 5.91 Å². The zero-order valence-corrected chi connectivity index (χ0v) is 16.5. The number of amides is 3. The highest BCUT2D eigenvalue weighted by molar-refractivity contribution is 8.18. The van der Waals surface area contributed by atoms with Gasteiger partial charge in [-0.3, -0.25) is 19.3 Å². The van der Waals surface area contributed by atoms with Crippen molar-refractivity contribution < 1.29 is 14.4 Å². The van der Waals surface area contributed by atoms with Gasteiger partial charge in [-0.25, -0.2) is 0 Å². The minimum atomic E-state index is -0.512. The first kappa shape index (κ1) is 19.5. The molecule has 3 amide bonds. The lowest BCUT2D eigenvalue weighted by Crippen LogP contribution is -2.36. The number of benzene rings is 2. The van der Waals surface area contributed by atoms with E-state index < -0.39 is 17.1 Å². The van der Waals surface area contributed by atoms with Crippen molar-refractivity contribution in [2.75, 3.05) is 11.9 Å². The topological polar surface area (TPSA) is 66.5 Å². The number of halogens is 2. The largest absolute Gasteiger partial charge is 0.324 e. The summed E-state index contributed by atoms with van der Waals surface area (Å²) in [6.07, 6.45) is 1.58. The SMILES string of the molecule is Cc1ccc(NC(=O)CN2C(=O)S/C(=C/c3cccc(Cl)c3)C2=O)cc1Cl. The fraction of sp³-hybridized carbons (Fsp3) is 0.105. The molecule has 0 atom stereocenters. The van der Waals surface area contributed by atoms with Gasteiger partial charge in [-0.2, -0.15) is 0 Å². The van der Waals surface area contributed by atoms with Crippen molar-refractivity contribution >= 4 is 63.8 Å². The molecule has 2 aromatic rings. The number of carbonyl (C=O) groups excluding carboxylic acids is 3. The maximum atomic E-state index is 12.5. The summed E-state index contributed by atoms with van der Waals surface area (Å²) in [6, 6.07) is 12.0. The summed E-state index contributed by atoms with van der Waals surface area (Å²) in [6.45, 7) is 1.48. The molecule has 3 rings (SSSR count). The fourth-order valence-corrected chi connectivity index (χ4v) is 3.62. The lowest BCUT2D eigenvalue weighted by Gasteiger charge is -2.13. The molecule has 0 saturated carbocycles. The molecule has 1 heterocycles. The van der Waals surface area contributed by atoms with Gasteiger partial charge in [-0.05, 0) is 60.2 Å². The van der Waals surface area contributed by atoms with Crippen LogP contribution in [0.1, 0.15) is 11.1 Å². The van der Waals surface area contributed by atoms with Crippen LogP contribution in [0.4, 0.5) is 10.5 Å². The van der Waals surface area contributed by atoms with E-state index >= 15 is 0 Å². The first-order chi connectivity index (χ1) is 12.8. The molecule has 1 fully saturated rings. The van der Waals surface area contributed by atoms with E-state index in [0.29, 0.717) is 21.3 Å². The number of nitrogens with one attached hydrogen (secondary N) is 1. The minimum absolute atomic E-state index is 0.244. The molecule has 1 N–H and O–H groups in total. The van der Waals surface area contributed by atoms with Crippen LogP contribution in [0, 0.1) is 6.92 Å². The summed E-state index contributed by atoms with van der Waals surface area (Å²) in [4.78, 5) is 38.0. The molecule has 1 saturated heterocycles. The molecule has 0 aliphatic carbocycles. The van der Waals surface area contributed by atoms with Crippen molar-refractivity contribution in [3.8, 4) is 0 Å². The third kappa shape index (κ3) is 4.71. The number of hydrogen-bond acceptors (Lipinski definition) is 4. The highest BCUT2D eigenvalue weighted by Crippen LogP contribution is 2.32. The summed E-state index contributed by atoms with van der Waals surface area (Å²) in [5.41, 5.74) is 2.08. The number of carbonyl (C=O) groups is 3. The summed E-state index contributed by atoms with van der Waals surface area (Å²) in [7, 11) is 0. The van der Waals surface area contributed by atoms with Gasteiger partial charge in [0.05, 0.1) is 4.91 Å². The van der Waals surface area contributed by atoms with Crippen LogP contribution in [0.5, 0.6) is 0 Å². The molecule has 5 nitrogen and oxygen atoms in total. The Bertz CT molecular complexity index is 975. The van der Waals surface area contributed by atoms with Crippen molar-refractivity contribution in [3.63, 3.8) is 0 Å². The lowest BCUT2D eigenvalue weighted by molar-refractivity contribution is -0.127. The molecule has 8 heteroatoms. The normalized spacial score (nSPS) is 15.5. The Hall–Kier alpha value is -2.28. The number of rotatable bonds is 4. The molecular formula is C19H14Cl2N2O3S. The second-order valence-corrected chi connectivity index (χ2v) is 7.67. The first-order valence-corrected chi connectivity index (χ1v) is 9.47. The zero-order valence-electron chi connectivity index (χ0n) is 14.2. The van der Waals surface area contributed by atoms with Crippen LogP contribution < -0.4 is 5.32 Å². The van der Waals surface area contributed by atoms with Crippen molar-refractivity contribution in [1.29, 1.82) is 0 Å². The molecule has 0 radical (unpaired) electrons. The average Bonchev–Trinajstić information content (AvgIpc) is 2.86. The summed E-state index contributed by atoms with van der Waals surface area (Å²) >= 11 is 12.8. The predicted octanol–water partition coefficient (Wildman–Crippen LogP) is 4.98. The Morgan fingerprint density at radius 3 is 2.67 bits per heavy atom. The standard InChI is InChI=1S/C19H14Cl2N2O3S/c1-11-5-6-14(9-15(11)21)22-17(24)10-23-18(25)16(27-19(23)26)8-12-3-2-4-13(20)7-12/h2-9H,10H2,1H3,(H,22,24)/b16-8+. The van der Waals surface area contributed by atoms with Gasteiger partial charge < -0.3 is 5.32 Å². The van der Waals surface area contributed by atoms with Crippen molar-refractivity contribution in [2.45, 2.75) is 6.92 Å². The number of thioether (sulfide) groups is 1. The molecule has 0 bridgehead atoms. The molecule has 1 aliphatic heterocycles. The highest BCUT2D eigenvalue weighted by Gasteiger charge is 2.36. The van der Waals surface area contributed by atoms with Gasteiger partial charge in [-0.15, -0.1) is 0 Å². The van der Waals surface area contributed by atoms with E-state index in [9.17, 15) is 14.4 Å². The van der Waals surface area contributed by atoms with E-state index in [1.807, 2.05) is 6.92 Å². The second-order valence-electron chi connectivity index (χ2n) is 5.84. The van der Waals surface area contributed by atoms with Crippen molar-refractivity contribution in [2.24, 2.45) is 0 Å².